The van der Waals surface area contributed by atoms with E-state index in [4.69, 9.17) is 5.26 Å². The third-order valence-corrected chi connectivity index (χ3v) is 2.55. The summed E-state index contributed by atoms with van der Waals surface area (Å²) in [6.45, 7) is 0. The molecule has 0 aliphatic heterocycles. The Hall–Kier alpha value is -3.02. The lowest BCUT2D eigenvalue weighted by Crippen LogP contribution is -2.27. The van der Waals surface area contributed by atoms with Gasteiger partial charge in [-0.1, -0.05) is 0 Å². The summed E-state index contributed by atoms with van der Waals surface area (Å²) in [5, 5.41) is 30.6. The average molecular weight is 278 g/mol. The van der Waals surface area contributed by atoms with E-state index in [1.165, 1.54) is 14.1 Å². The standard InChI is InChI=1S/C11H10N4O5/c1-13(2)11(16)9(6-12)8-4-3-7(14(17)18)5-10(8)15(19)20/h3-5,9H,1-2H3. The molecule has 0 bridgehead atoms. The number of likely N-dealkylation sites (N-methyl/N-ethyl adjacent to an activating group) is 1. The SMILES string of the molecule is CN(C)C(=O)C(C#N)c1ccc([N+](=O)[O-])cc1[N+](=O)[O-]. The largest absolute Gasteiger partial charge is 0.347 e. The summed E-state index contributed by atoms with van der Waals surface area (Å²) in [6.07, 6.45) is 0. The zero-order chi connectivity index (χ0) is 15.4. The number of nitro groups is 2. The van der Waals surface area contributed by atoms with Gasteiger partial charge in [-0.25, -0.2) is 0 Å². The molecule has 1 unspecified atom stereocenters. The van der Waals surface area contributed by atoms with Crippen molar-refractivity contribution in [2.75, 3.05) is 14.1 Å². The number of nitrogens with zero attached hydrogens (tertiary/aromatic N) is 4. The highest BCUT2D eigenvalue weighted by atomic mass is 16.6. The minimum absolute atomic E-state index is 0.165. The molecule has 20 heavy (non-hydrogen) atoms. The number of hydrogen-bond donors (Lipinski definition) is 0. The minimum Gasteiger partial charge on any atom is -0.347 e. The van der Waals surface area contributed by atoms with E-state index in [9.17, 15) is 25.0 Å². The van der Waals surface area contributed by atoms with Crippen LogP contribution in [0.3, 0.4) is 0 Å². The first-order valence-electron chi connectivity index (χ1n) is 5.33. The fraction of sp³-hybridized carbons (Fsp3) is 0.273. The van der Waals surface area contributed by atoms with Gasteiger partial charge in [-0.05, 0) is 6.07 Å². The molecule has 104 valence electrons. The van der Waals surface area contributed by atoms with Gasteiger partial charge >= 0.3 is 0 Å². The van der Waals surface area contributed by atoms with E-state index >= 15 is 0 Å². The van der Waals surface area contributed by atoms with E-state index in [0.717, 1.165) is 23.1 Å². The lowest BCUT2D eigenvalue weighted by molar-refractivity contribution is -0.394. The van der Waals surface area contributed by atoms with Crippen molar-refractivity contribution in [3.05, 3.63) is 44.0 Å². The molecule has 9 nitrogen and oxygen atoms in total. The average Bonchev–Trinajstić information content (AvgIpc) is 2.39. The second-order valence-corrected chi connectivity index (χ2v) is 4.05. The first kappa shape index (κ1) is 15.0. The van der Waals surface area contributed by atoms with Crippen molar-refractivity contribution in [3.63, 3.8) is 0 Å². The molecule has 0 aliphatic rings. The summed E-state index contributed by atoms with van der Waals surface area (Å²) >= 11 is 0. The number of carbonyl (C=O) groups excluding carboxylic acids is 1. The van der Waals surface area contributed by atoms with E-state index in [0.29, 0.717) is 0 Å². The van der Waals surface area contributed by atoms with Gasteiger partial charge in [0.1, 0.15) is 0 Å². The van der Waals surface area contributed by atoms with Crippen LogP contribution < -0.4 is 0 Å². The van der Waals surface area contributed by atoms with Gasteiger partial charge < -0.3 is 4.90 Å². The molecular weight excluding hydrogens is 268 g/mol. The highest BCUT2D eigenvalue weighted by molar-refractivity contribution is 5.87. The van der Waals surface area contributed by atoms with Gasteiger partial charge in [0.2, 0.25) is 5.91 Å². The third kappa shape index (κ3) is 2.86. The van der Waals surface area contributed by atoms with Crippen LogP contribution >= 0.6 is 0 Å². The minimum atomic E-state index is -1.38. The number of benzene rings is 1. The Morgan fingerprint density at radius 1 is 1.30 bits per heavy atom. The van der Waals surface area contributed by atoms with Crippen molar-refractivity contribution in [1.29, 1.82) is 5.26 Å². The molecule has 0 saturated carbocycles. The Kier molecular flexibility index (Phi) is 4.32. The van der Waals surface area contributed by atoms with E-state index in [1.807, 2.05) is 0 Å². The fourth-order valence-corrected chi connectivity index (χ4v) is 1.56. The van der Waals surface area contributed by atoms with Crippen LogP contribution in [0, 0.1) is 31.6 Å². The van der Waals surface area contributed by atoms with Gasteiger partial charge in [-0.3, -0.25) is 25.0 Å². The van der Waals surface area contributed by atoms with Gasteiger partial charge in [0.05, 0.1) is 27.5 Å². The molecule has 1 aromatic rings. The monoisotopic (exact) mass is 278 g/mol. The maximum absolute atomic E-state index is 11.8. The normalized spacial score (nSPS) is 11.2. The number of rotatable bonds is 4. The first-order valence-corrected chi connectivity index (χ1v) is 5.33. The molecule has 1 atom stereocenters. The molecule has 0 spiro atoms. The van der Waals surface area contributed by atoms with Crippen LogP contribution in [-0.4, -0.2) is 34.7 Å². The number of carbonyl (C=O) groups is 1. The molecule has 0 N–H and O–H groups in total. The molecule has 0 aliphatic carbocycles. The summed E-state index contributed by atoms with van der Waals surface area (Å²) < 4.78 is 0. The van der Waals surface area contributed by atoms with Crippen molar-refractivity contribution < 1.29 is 14.6 Å². The van der Waals surface area contributed by atoms with Crippen LogP contribution in [0.2, 0.25) is 0 Å². The van der Waals surface area contributed by atoms with Crippen LogP contribution in [0.4, 0.5) is 11.4 Å². The van der Waals surface area contributed by atoms with E-state index in [1.54, 1.807) is 6.07 Å². The van der Waals surface area contributed by atoms with Gasteiger partial charge in [0.15, 0.2) is 5.92 Å². The van der Waals surface area contributed by atoms with Gasteiger partial charge in [0, 0.05) is 20.2 Å². The Bertz CT molecular complexity index is 620. The van der Waals surface area contributed by atoms with Crippen LogP contribution in [0.15, 0.2) is 18.2 Å². The molecule has 1 amide bonds. The second kappa shape index (κ2) is 5.75. The second-order valence-electron chi connectivity index (χ2n) is 4.05. The number of amides is 1. The van der Waals surface area contributed by atoms with Crippen LogP contribution in [0.5, 0.6) is 0 Å². The Morgan fingerprint density at radius 2 is 1.90 bits per heavy atom. The fourth-order valence-electron chi connectivity index (χ4n) is 1.56. The van der Waals surface area contributed by atoms with E-state index in [-0.39, 0.29) is 5.56 Å². The maximum atomic E-state index is 11.8. The zero-order valence-electron chi connectivity index (χ0n) is 10.6. The predicted molar refractivity (Wildman–Crippen MR) is 66.8 cm³/mol. The van der Waals surface area contributed by atoms with Crippen molar-refractivity contribution in [1.82, 2.24) is 4.90 Å². The molecule has 0 saturated heterocycles. The summed E-state index contributed by atoms with van der Waals surface area (Å²) in [5.74, 6) is -2.02. The van der Waals surface area contributed by atoms with Crippen LogP contribution in [0.1, 0.15) is 11.5 Å². The zero-order valence-corrected chi connectivity index (χ0v) is 10.6. The summed E-state index contributed by atoms with van der Waals surface area (Å²) in [5.41, 5.74) is -1.27. The van der Waals surface area contributed by atoms with Crippen molar-refractivity contribution in [3.8, 4) is 6.07 Å². The molecule has 9 heteroatoms. The summed E-state index contributed by atoms with van der Waals surface area (Å²) in [7, 11) is 2.81. The predicted octanol–water partition coefficient (Wildman–Crippen LogP) is 1.20. The number of nitro benzene ring substituents is 2. The van der Waals surface area contributed by atoms with Gasteiger partial charge in [0.25, 0.3) is 11.4 Å². The number of nitriles is 1. The quantitative estimate of drug-likeness (QED) is 0.600. The Labute approximate surface area is 113 Å². The van der Waals surface area contributed by atoms with Crippen LogP contribution in [-0.2, 0) is 4.79 Å². The van der Waals surface area contributed by atoms with E-state index < -0.39 is 33.0 Å². The maximum Gasteiger partial charge on any atom is 0.281 e. The molecule has 0 heterocycles. The molecule has 0 aromatic heterocycles. The Morgan fingerprint density at radius 3 is 2.30 bits per heavy atom. The first-order chi connectivity index (χ1) is 9.29. The third-order valence-electron chi connectivity index (χ3n) is 2.55. The van der Waals surface area contributed by atoms with Gasteiger partial charge in [-0.15, -0.1) is 0 Å². The molecular formula is C11H10N4O5. The summed E-state index contributed by atoms with van der Waals surface area (Å²) in [6, 6.07) is 4.50. The number of hydrogen-bond acceptors (Lipinski definition) is 6. The summed E-state index contributed by atoms with van der Waals surface area (Å²) in [4.78, 5) is 32.9. The van der Waals surface area contributed by atoms with Crippen molar-refractivity contribution in [2.45, 2.75) is 5.92 Å². The van der Waals surface area contributed by atoms with Crippen molar-refractivity contribution in [2.24, 2.45) is 0 Å². The molecule has 0 radical (unpaired) electrons. The lowest BCUT2D eigenvalue weighted by atomic mass is 9.97. The molecule has 1 aromatic carbocycles. The molecule has 0 fully saturated rings. The van der Waals surface area contributed by atoms with Crippen LogP contribution in [0.25, 0.3) is 0 Å². The Balaban J connectivity index is 3.44. The highest BCUT2D eigenvalue weighted by Gasteiger charge is 2.30. The highest BCUT2D eigenvalue weighted by Crippen LogP contribution is 2.31. The number of non-ortho nitro benzene ring substituents is 1. The van der Waals surface area contributed by atoms with E-state index in [2.05, 4.69) is 0 Å². The lowest BCUT2D eigenvalue weighted by Gasteiger charge is -2.14. The smallest absolute Gasteiger partial charge is 0.281 e. The van der Waals surface area contributed by atoms with Crippen molar-refractivity contribution >= 4 is 17.3 Å². The molecule has 1 rings (SSSR count). The van der Waals surface area contributed by atoms with Gasteiger partial charge in [-0.2, -0.15) is 5.26 Å². The topological polar surface area (TPSA) is 130 Å².